The third-order valence-corrected chi connectivity index (χ3v) is 5.60. The van der Waals surface area contributed by atoms with Gasteiger partial charge in [0.2, 0.25) is 0 Å². The van der Waals surface area contributed by atoms with Gasteiger partial charge in [-0.3, -0.25) is 0 Å². The zero-order valence-electron chi connectivity index (χ0n) is 12.4. The van der Waals surface area contributed by atoms with Crippen molar-refractivity contribution in [2.75, 3.05) is 0 Å². The van der Waals surface area contributed by atoms with E-state index in [-0.39, 0.29) is 6.10 Å². The summed E-state index contributed by atoms with van der Waals surface area (Å²) in [5.41, 5.74) is 2.39. The van der Waals surface area contributed by atoms with Crippen LogP contribution in [0.5, 0.6) is 5.75 Å². The number of benzene rings is 3. The molecule has 0 N–H and O–H groups in total. The fraction of sp³-hybridized carbons (Fsp3) is 0.0476. The molecule has 1 nitrogen and oxygen atoms in total. The Bertz CT molecular complexity index is 1060. The molecular formula is C21H14OS. The Labute approximate surface area is 138 Å². The van der Waals surface area contributed by atoms with E-state index in [2.05, 4.69) is 60.7 Å². The smallest absolute Gasteiger partial charge is 0.144 e. The number of hydrogen-bond acceptors (Lipinski definition) is 2. The number of hydrogen-bond donors (Lipinski definition) is 0. The van der Waals surface area contributed by atoms with Gasteiger partial charge in [-0.05, 0) is 18.2 Å². The van der Waals surface area contributed by atoms with E-state index < -0.39 is 0 Å². The van der Waals surface area contributed by atoms with Gasteiger partial charge in [0.05, 0.1) is 0 Å². The van der Waals surface area contributed by atoms with E-state index in [0.717, 1.165) is 11.3 Å². The van der Waals surface area contributed by atoms with Gasteiger partial charge < -0.3 is 4.74 Å². The van der Waals surface area contributed by atoms with Crippen LogP contribution in [0.3, 0.4) is 0 Å². The summed E-state index contributed by atoms with van der Waals surface area (Å²) < 4.78 is 8.89. The quantitative estimate of drug-likeness (QED) is 0.406. The summed E-state index contributed by atoms with van der Waals surface area (Å²) >= 11 is 1.85. The summed E-state index contributed by atoms with van der Waals surface area (Å²) in [6.45, 7) is 0. The van der Waals surface area contributed by atoms with Crippen molar-refractivity contribution in [1.29, 1.82) is 0 Å². The van der Waals surface area contributed by atoms with Crippen LogP contribution in [0.1, 0.15) is 17.2 Å². The van der Waals surface area contributed by atoms with Gasteiger partial charge in [-0.2, -0.15) is 0 Å². The monoisotopic (exact) mass is 314 g/mol. The predicted octanol–water partition coefficient (Wildman–Crippen LogP) is 6.20. The zero-order valence-corrected chi connectivity index (χ0v) is 13.2. The minimum Gasteiger partial charge on any atom is -0.481 e. The van der Waals surface area contributed by atoms with Crippen LogP contribution < -0.4 is 4.74 Å². The minimum atomic E-state index is -0.0262. The first kappa shape index (κ1) is 12.9. The second-order valence-corrected chi connectivity index (χ2v) is 6.81. The Morgan fingerprint density at radius 1 is 0.783 bits per heavy atom. The van der Waals surface area contributed by atoms with Crippen LogP contribution in [-0.2, 0) is 0 Å². The van der Waals surface area contributed by atoms with Crippen LogP contribution in [0, 0.1) is 0 Å². The number of fused-ring (bicyclic) bond motifs is 4. The number of rotatable bonds is 1. The standard InChI is InChI=1S/C21H14OS/c1-3-10-18-14(6-1)12-13-19(22-18)17-9-5-8-16-15-7-2-4-11-20(15)23-21(16)17/h1-13,19H. The molecule has 1 atom stereocenters. The highest BCUT2D eigenvalue weighted by Crippen LogP contribution is 2.40. The summed E-state index contributed by atoms with van der Waals surface area (Å²) in [6.07, 6.45) is 4.29. The molecule has 1 unspecified atom stereocenters. The van der Waals surface area contributed by atoms with Gasteiger partial charge in [-0.25, -0.2) is 0 Å². The average molecular weight is 314 g/mol. The average Bonchev–Trinajstić information content (AvgIpc) is 3.00. The molecule has 0 bridgehead atoms. The summed E-state index contributed by atoms with van der Waals surface area (Å²) in [7, 11) is 0. The van der Waals surface area contributed by atoms with Crippen molar-refractivity contribution >= 4 is 37.6 Å². The highest BCUT2D eigenvalue weighted by Gasteiger charge is 2.19. The maximum atomic E-state index is 6.24. The van der Waals surface area contributed by atoms with Crippen molar-refractivity contribution in [2.24, 2.45) is 0 Å². The van der Waals surface area contributed by atoms with Crippen molar-refractivity contribution in [2.45, 2.75) is 6.10 Å². The molecule has 0 radical (unpaired) electrons. The molecule has 1 aliphatic heterocycles. The highest BCUT2D eigenvalue weighted by molar-refractivity contribution is 7.26. The summed E-state index contributed by atoms with van der Waals surface area (Å²) in [5, 5.41) is 2.65. The van der Waals surface area contributed by atoms with E-state index in [0.29, 0.717) is 0 Å². The second kappa shape index (κ2) is 4.97. The minimum absolute atomic E-state index is 0.0262. The van der Waals surface area contributed by atoms with Crippen molar-refractivity contribution in [3.63, 3.8) is 0 Å². The molecular weight excluding hydrogens is 300 g/mol. The number of thiophene rings is 1. The molecule has 1 aromatic heterocycles. The Morgan fingerprint density at radius 3 is 2.61 bits per heavy atom. The van der Waals surface area contributed by atoms with E-state index in [9.17, 15) is 0 Å². The van der Waals surface area contributed by atoms with E-state index >= 15 is 0 Å². The molecule has 0 spiro atoms. The Morgan fingerprint density at radius 2 is 1.61 bits per heavy atom. The lowest BCUT2D eigenvalue weighted by Gasteiger charge is -2.22. The maximum Gasteiger partial charge on any atom is 0.144 e. The fourth-order valence-corrected chi connectivity index (χ4v) is 4.50. The van der Waals surface area contributed by atoms with E-state index in [1.54, 1.807) is 0 Å². The van der Waals surface area contributed by atoms with Crippen molar-refractivity contribution < 1.29 is 4.74 Å². The zero-order chi connectivity index (χ0) is 15.2. The van der Waals surface area contributed by atoms with Gasteiger partial charge in [-0.15, -0.1) is 11.3 Å². The van der Waals surface area contributed by atoms with Gasteiger partial charge in [0.15, 0.2) is 0 Å². The molecule has 4 aromatic rings. The SMILES string of the molecule is C1=CC(c2cccc3c2sc2ccccc23)Oc2ccccc21. The van der Waals surface area contributed by atoms with Crippen molar-refractivity contribution in [3.05, 3.63) is 83.9 Å². The van der Waals surface area contributed by atoms with Crippen molar-refractivity contribution in [3.8, 4) is 5.75 Å². The molecule has 0 aliphatic carbocycles. The highest BCUT2D eigenvalue weighted by atomic mass is 32.1. The molecule has 0 fully saturated rings. The fourth-order valence-electron chi connectivity index (χ4n) is 3.25. The third-order valence-electron chi connectivity index (χ3n) is 4.36. The first-order valence-electron chi connectivity index (χ1n) is 7.74. The van der Waals surface area contributed by atoms with E-state index in [1.807, 2.05) is 29.5 Å². The van der Waals surface area contributed by atoms with Crippen LogP contribution >= 0.6 is 11.3 Å². The first-order valence-corrected chi connectivity index (χ1v) is 8.56. The van der Waals surface area contributed by atoms with Crippen LogP contribution in [0.15, 0.2) is 72.8 Å². The first-order chi connectivity index (χ1) is 11.4. The lowest BCUT2D eigenvalue weighted by molar-refractivity contribution is 0.253. The Balaban J connectivity index is 1.70. The van der Waals surface area contributed by atoms with Crippen LogP contribution in [0.2, 0.25) is 0 Å². The molecule has 0 saturated heterocycles. The van der Waals surface area contributed by atoms with E-state index in [4.69, 9.17) is 4.74 Å². The topological polar surface area (TPSA) is 9.23 Å². The molecule has 2 heterocycles. The Kier molecular flexibility index (Phi) is 2.79. The molecule has 1 aliphatic rings. The van der Waals surface area contributed by atoms with Crippen LogP contribution in [0.4, 0.5) is 0 Å². The molecule has 5 rings (SSSR count). The van der Waals surface area contributed by atoms with Gasteiger partial charge in [-0.1, -0.05) is 60.7 Å². The third kappa shape index (κ3) is 1.99. The normalized spacial score (nSPS) is 16.4. The van der Waals surface area contributed by atoms with Crippen LogP contribution in [-0.4, -0.2) is 0 Å². The molecule has 3 aromatic carbocycles. The lowest BCUT2D eigenvalue weighted by Crippen LogP contribution is -2.08. The molecule has 2 heteroatoms. The molecule has 110 valence electrons. The van der Waals surface area contributed by atoms with Gasteiger partial charge in [0.25, 0.3) is 0 Å². The molecule has 23 heavy (non-hydrogen) atoms. The Hall–Kier alpha value is -2.58. The van der Waals surface area contributed by atoms with Gasteiger partial charge in [0.1, 0.15) is 11.9 Å². The second-order valence-electron chi connectivity index (χ2n) is 5.76. The van der Waals surface area contributed by atoms with E-state index in [1.165, 1.54) is 25.7 Å². The van der Waals surface area contributed by atoms with Gasteiger partial charge in [0, 0.05) is 31.3 Å². The largest absolute Gasteiger partial charge is 0.481 e. The number of ether oxygens (including phenoxy) is 1. The van der Waals surface area contributed by atoms with Crippen molar-refractivity contribution in [1.82, 2.24) is 0 Å². The maximum absolute atomic E-state index is 6.24. The summed E-state index contributed by atoms with van der Waals surface area (Å²) in [4.78, 5) is 0. The number of para-hydroxylation sites is 1. The summed E-state index contributed by atoms with van der Waals surface area (Å²) in [5.74, 6) is 0.957. The van der Waals surface area contributed by atoms with Gasteiger partial charge >= 0.3 is 0 Å². The lowest BCUT2D eigenvalue weighted by atomic mass is 10.0. The summed E-state index contributed by atoms with van der Waals surface area (Å²) in [6, 6.07) is 23.3. The van der Waals surface area contributed by atoms with Crippen LogP contribution in [0.25, 0.3) is 26.2 Å². The predicted molar refractivity (Wildman–Crippen MR) is 98.2 cm³/mol. The molecule has 0 saturated carbocycles. The molecule has 0 amide bonds.